The highest BCUT2D eigenvalue weighted by molar-refractivity contribution is 8.14. The summed E-state index contributed by atoms with van der Waals surface area (Å²) in [5.41, 5.74) is 0.931. The number of benzene rings is 1. The van der Waals surface area contributed by atoms with Crippen LogP contribution >= 0.6 is 23.4 Å². The lowest BCUT2D eigenvalue weighted by atomic mass is 9.90. The Morgan fingerprint density at radius 2 is 1.86 bits per heavy atom. The van der Waals surface area contributed by atoms with Crippen LogP contribution in [0.25, 0.3) is 0 Å². The predicted octanol–water partition coefficient (Wildman–Crippen LogP) is 5.60. The van der Waals surface area contributed by atoms with Crippen molar-refractivity contribution < 1.29 is 9.18 Å². The van der Waals surface area contributed by atoms with Gasteiger partial charge >= 0.3 is 0 Å². The molecule has 2 aliphatic heterocycles. The fourth-order valence-electron chi connectivity index (χ4n) is 5.00. The highest BCUT2D eigenvalue weighted by Gasteiger charge is 2.36. The van der Waals surface area contributed by atoms with E-state index in [-0.39, 0.29) is 5.82 Å². The number of hydrogen-bond acceptors (Lipinski definition) is 3. The second kappa shape index (κ2) is 9.36. The van der Waals surface area contributed by atoms with Crippen molar-refractivity contribution in [1.82, 2.24) is 9.80 Å². The molecule has 3 nitrogen and oxygen atoms in total. The summed E-state index contributed by atoms with van der Waals surface area (Å²) >= 11 is 7.79. The maximum Gasteiger partial charge on any atom is 0.282 e. The molecule has 3 fully saturated rings. The molecular formula is C22H30ClFN2OS. The molecule has 1 amide bonds. The van der Waals surface area contributed by atoms with E-state index in [9.17, 15) is 9.18 Å². The van der Waals surface area contributed by atoms with Crippen LogP contribution in [0.2, 0.25) is 5.02 Å². The lowest BCUT2D eigenvalue weighted by molar-refractivity contribution is 0.164. The van der Waals surface area contributed by atoms with Crippen molar-refractivity contribution in [3.8, 4) is 0 Å². The Kier molecular flexibility index (Phi) is 6.85. The number of amides is 1. The average molecular weight is 425 g/mol. The molecule has 0 N–H and O–H groups in total. The van der Waals surface area contributed by atoms with E-state index in [0.717, 1.165) is 51.0 Å². The number of piperidine rings is 1. The molecule has 1 saturated carbocycles. The van der Waals surface area contributed by atoms with Crippen LogP contribution < -0.4 is 0 Å². The van der Waals surface area contributed by atoms with Crippen LogP contribution in [0.1, 0.15) is 50.5 Å². The largest absolute Gasteiger partial charge is 0.329 e. The van der Waals surface area contributed by atoms with Crippen LogP contribution in [0, 0.1) is 11.7 Å². The van der Waals surface area contributed by atoms with Gasteiger partial charge in [-0.05, 0) is 74.9 Å². The van der Waals surface area contributed by atoms with E-state index in [1.807, 2.05) is 0 Å². The molecule has 4 rings (SSSR count). The van der Waals surface area contributed by atoms with E-state index in [0.29, 0.717) is 27.5 Å². The van der Waals surface area contributed by atoms with Gasteiger partial charge in [-0.15, -0.1) is 0 Å². The number of likely N-dealkylation sites (tertiary alicyclic amines) is 1. The van der Waals surface area contributed by atoms with Crippen molar-refractivity contribution in [2.24, 2.45) is 5.92 Å². The van der Waals surface area contributed by atoms with E-state index < -0.39 is 0 Å². The van der Waals surface area contributed by atoms with Crippen molar-refractivity contribution in [2.45, 2.75) is 62.7 Å². The molecule has 1 atom stereocenters. The first-order valence-electron chi connectivity index (χ1n) is 10.7. The number of carbonyl (C=O) groups excluding carboxylic acids is 1. The summed E-state index contributed by atoms with van der Waals surface area (Å²) in [4.78, 5) is 17.1. The number of thioether (sulfide) groups is 1. The van der Waals surface area contributed by atoms with Gasteiger partial charge in [-0.2, -0.15) is 0 Å². The molecule has 0 spiro atoms. The zero-order chi connectivity index (χ0) is 19.5. The molecule has 0 bridgehead atoms. The minimum absolute atomic E-state index is 0.206. The molecule has 28 heavy (non-hydrogen) atoms. The summed E-state index contributed by atoms with van der Waals surface area (Å²) in [5.74, 6) is 0.356. The minimum atomic E-state index is -0.206. The van der Waals surface area contributed by atoms with Crippen molar-refractivity contribution >= 4 is 28.6 Å². The summed E-state index contributed by atoms with van der Waals surface area (Å²) in [7, 11) is 0. The number of rotatable bonds is 5. The Morgan fingerprint density at radius 1 is 1.11 bits per heavy atom. The van der Waals surface area contributed by atoms with Gasteiger partial charge < -0.3 is 9.80 Å². The third kappa shape index (κ3) is 5.03. The zero-order valence-corrected chi connectivity index (χ0v) is 18.0. The summed E-state index contributed by atoms with van der Waals surface area (Å²) in [6.45, 7) is 4.05. The predicted molar refractivity (Wildman–Crippen MR) is 115 cm³/mol. The van der Waals surface area contributed by atoms with Gasteiger partial charge in [0, 0.05) is 29.4 Å². The van der Waals surface area contributed by atoms with Crippen molar-refractivity contribution in [2.75, 3.05) is 26.2 Å². The molecule has 154 valence electrons. The van der Waals surface area contributed by atoms with Crippen LogP contribution in [-0.2, 0) is 6.42 Å². The van der Waals surface area contributed by atoms with Gasteiger partial charge in [-0.3, -0.25) is 4.79 Å². The molecule has 1 unspecified atom stereocenters. The summed E-state index contributed by atoms with van der Waals surface area (Å²) in [6, 6.07) is 5.15. The smallest absolute Gasteiger partial charge is 0.282 e. The van der Waals surface area contributed by atoms with E-state index in [1.54, 1.807) is 23.9 Å². The fraction of sp³-hybridized carbons (Fsp3) is 0.682. The fourth-order valence-corrected chi connectivity index (χ4v) is 6.36. The first-order chi connectivity index (χ1) is 13.6. The number of carbonyl (C=O) groups is 1. The Balaban J connectivity index is 1.23. The SMILES string of the molecule is O=C1SC(CN2CCC(Cc3cc(F)ccc3Cl)CC2)CN1C1CCCCC1. The van der Waals surface area contributed by atoms with Crippen LogP contribution in [0.5, 0.6) is 0 Å². The number of hydrogen-bond donors (Lipinski definition) is 0. The molecule has 1 aromatic carbocycles. The Bertz CT molecular complexity index is 689. The number of nitrogens with zero attached hydrogens (tertiary/aromatic N) is 2. The van der Waals surface area contributed by atoms with Crippen LogP contribution in [0.4, 0.5) is 9.18 Å². The van der Waals surface area contributed by atoms with Crippen LogP contribution in [0.15, 0.2) is 18.2 Å². The van der Waals surface area contributed by atoms with Crippen molar-refractivity contribution in [1.29, 1.82) is 0 Å². The maximum absolute atomic E-state index is 13.5. The minimum Gasteiger partial charge on any atom is -0.329 e. The van der Waals surface area contributed by atoms with E-state index in [2.05, 4.69) is 9.80 Å². The lowest BCUT2D eigenvalue weighted by Crippen LogP contribution is -2.41. The second-order valence-electron chi connectivity index (χ2n) is 8.63. The molecule has 0 radical (unpaired) electrons. The maximum atomic E-state index is 13.5. The normalized spacial score (nSPS) is 25.6. The van der Waals surface area contributed by atoms with Crippen molar-refractivity contribution in [3.63, 3.8) is 0 Å². The van der Waals surface area contributed by atoms with Crippen molar-refractivity contribution in [3.05, 3.63) is 34.6 Å². The number of halogens is 2. The first kappa shape index (κ1) is 20.5. The standard InChI is InChI=1S/C22H30ClFN2OS/c23-21-7-6-18(24)13-17(21)12-16-8-10-25(11-9-16)14-20-15-26(22(27)28-20)19-4-2-1-3-5-19/h6-7,13,16,19-20H,1-5,8-12,14-15H2. The van der Waals surface area contributed by atoms with Crippen LogP contribution in [0.3, 0.4) is 0 Å². The van der Waals surface area contributed by atoms with Gasteiger partial charge in [-0.1, -0.05) is 42.6 Å². The van der Waals surface area contributed by atoms with Gasteiger partial charge in [-0.25, -0.2) is 4.39 Å². The molecule has 1 aromatic rings. The molecule has 3 aliphatic rings. The molecule has 1 aliphatic carbocycles. The highest BCUT2D eigenvalue weighted by Crippen LogP contribution is 2.34. The molecule has 2 heterocycles. The summed E-state index contributed by atoms with van der Waals surface area (Å²) in [5, 5.41) is 1.38. The molecular weight excluding hydrogens is 395 g/mol. The van der Waals surface area contributed by atoms with Gasteiger partial charge in [0.05, 0.1) is 0 Å². The van der Waals surface area contributed by atoms with E-state index in [1.165, 1.54) is 38.2 Å². The van der Waals surface area contributed by atoms with E-state index >= 15 is 0 Å². The summed E-state index contributed by atoms with van der Waals surface area (Å²) in [6.07, 6.45) is 9.33. The molecule has 0 aromatic heterocycles. The summed E-state index contributed by atoms with van der Waals surface area (Å²) < 4.78 is 13.5. The molecule has 6 heteroatoms. The second-order valence-corrected chi connectivity index (χ2v) is 10.3. The first-order valence-corrected chi connectivity index (χ1v) is 12.0. The van der Waals surface area contributed by atoms with Gasteiger partial charge in [0.2, 0.25) is 0 Å². The zero-order valence-electron chi connectivity index (χ0n) is 16.4. The highest BCUT2D eigenvalue weighted by atomic mass is 35.5. The third-order valence-corrected chi connectivity index (χ3v) is 8.04. The van der Waals surface area contributed by atoms with Gasteiger partial charge in [0.15, 0.2) is 0 Å². The Morgan fingerprint density at radius 3 is 2.61 bits per heavy atom. The van der Waals surface area contributed by atoms with Crippen LogP contribution in [-0.4, -0.2) is 52.5 Å². The Hall–Kier alpha value is -0.780. The monoisotopic (exact) mass is 424 g/mol. The average Bonchev–Trinajstić information content (AvgIpc) is 3.07. The van der Waals surface area contributed by atoms with Gasteiger partial charge in [0.25, 0.3) is 5.24 Å². The van der Waals surface area contributed by atoms with Gasteiger partial charge in [0.1, 0.15) is 5.82 Å². The topological polar surface area (TPSA) is 23.6 Å². The quantitative estimate of drug-likeness (QED) is 0.614. The third-order valence-electron chi connectivity index (χ3n) is 6.60. The molecule has 2 saturated heterocycles. The lowest BCUT2D eigenvalue weighted by Gasteiger charge is -2.34. The van der Waals surface area contributed by atoms with E-state index in [4.69, 9.17) is 11.6 Å². The Labute approximate surface area is 177 Å².